The number of rotatable bonds is 8. The lowest BCUT2D eigenvalue weighted by atomic mass is 9.94. The van der Waals surface area contributed by atoms with Gasteiger partial charge in [0.25, 0.3) is 0 Å². The van der Waals surface area contributed by atoms with Crippen molar-refractivity contribution < 1.29 is 4.42 Å². The summed E-state index contributed by atoms with van der Waals surface area (Å²) in [5.41, 5.74) is 17.7. The molecule has 0 saturated heterocycles. The average Bonchev–Trinajstić information content (AvgIpc) is 3.96. The maximum absolute atomic E-state index is 6.51. The molecule has 314 valence electrons. The molecule has 0 fully saturated rings. The number of aromatic nitrogens is 1. The summed E-state index contributed by atoms with van der Waals surface area (Å²) in [7, 11) is 0. The Bertz CT molecular complexity index is 3910. The second kappa shape index (κ2) is 16.0. The minimum Gasteiger partial charge on any atom is -0.455 e. The number of fused-ring (bicyclic) bond motifs is 7. The molecule has 13 aromatic rings. The van der Waals surface area contributed by atoms with Gasteiger partial charge in [0.15, 0.2) is 0 Å². The Kier molecular flexibility index (Phi) is 9.17. The molecule has 0 radical (unpaired) electrons. The molecule has 2 heterocycles. The van der Waals surface area contributed by atoms with Crippen LogP contribution in [0.3, 0.4) is 0 Å². The quantitative estimate of drug-likeness (QED) is 0.152. The van der Waals surface area contributed by atoms with Crippen molar-refractivity contribution in [1.29, 1.82) is 0 Å². The van der Waals surface area contributed by atoms with Crippen LogP contribution in [0.15, 0.2) is 259 Å². The molecule has 11 aromatic carbocycles. The first-order valence-corrected chi connectivity index (χ1v) is 22.9. The molecule has 13 rings (SSSR count). The molecule has 0 N–H and O–H groups in total. The van der Waals surface area contributed by atoms with Gasteiger partial charge >= 0.3 is 0 Å². The Labute approximate surface area is 388 Å². The highest BCUT2D eigenvalue weighted by Crippen LogP contribution is 2.45. The zero-order valence-corrected chi connectivity index (χ0v) is 36.6. The lowest BCUT2D eigenvalue weighted by molar-refractivity contribution is 0.670. The third-order valence-corrected chi connectivity index (χ3v) is 13.4. The molecule has 0 aliphatic carbocycles. The van der Waals surface area contributed by atoms with Crippen LogP contribution in [0.5, 0.6) is 0 Å². The molecule has 0 unspecified atom stereocenters. The first-order chi connectivity index (χ1) is 33.2. The van der Waals surface area contributed by atoms with Crippen LogP contribution < -0.4 is 4.90 Å². The van der Waals surface area contributed by atoms with Crippen LogP contribution in [0.1, 0.15) is 0 Å². The summed E-state index contributed by atoms with van der Waals surface area (Å²) in [6.45, 7) is 0. The zero-order chi connectivity index (χ0) is 44.3. The Balaban J connectivity index is 0.967. The van der Waals surface area contributed by atoms with Gasteiger partial charge in [-0.25, -0.2) is 0 Å². The fourth-order valence-electron chi connectivity index (χ4n) is 10.2. The monoisotopic (exact) mass is 854 g/mol. The van der Waals surface area contributed by atoms with E-state index in [2.05, 4.69) is 252 Å². The summed E-state index contributed by atoms with van der Waals surface area (Å²) in [5.74, 6) is 0. The minimum atomic E-state index is 0.897. The topological polar surface area (TPSA) is 21.3 Å². The van der Waals surface area contributed by atoms with Gasteiger partial charge in [0, 0.05) is 49.7 Å². The minimum absolute atomic E-state index is 0.897. The van der Waals surface area contributed by atoms with Crippen LogP contribution >= 0.6 is 0 Å². The van der Waals surface area contributed by atoms with Gasteiger partial charge in [0.05, 0.1) is 16.7 Å². The van der Waals surface area contributed by atoms with Gasteiger partial charge < -0.3 is 13.9 Å². The standard InChI is InChI=1S/C64H42N2O/c1-2-15-45(16-3-1)54-40-35-48(53-25-13-18-44-17-4-5-21-52(44)53)42-62(54)65(50-38-33-46(34-39-50)55-26-14-27-59-58-24-8-11-30-63(58)67-64(55)59)49-36-31-43(32-37-49)47-19-12-20-51(41-47)66-60-28-9-6-22-56(60)57-23-7-10-29-61(57)66/h1-42H. The number of benzene rings is 11. The maximum Gasteiger partial charge on any atom is 0.143 e. The van der Waals surface area contributed by atoms with Gasteiger partial charge in [0.1, 0.15) is 11.2 Å². The molecule has 0 aliphatic rings. The lowest BCUT2D eigenvalue weighted by Crippen LogP contribution is -2.11. The Hall–Kier alpha value is -8.92. The van der Waals surface area contributed by atoms with Crippen molar-refractivity contribution in [3.05, 3.63) is 255 Å². The van der Waals surface area contributed by atoms with Crippen LogP contribution in [0.4, 0.5) is 17.1 Å². The molecule has 0 aliphatic heterocycles. The number of anilines is 3. The van der Waals surface area contributed by atoms with Crippen LogP contribution in [0.25, 0.3) is 105 Å². The summed E-state index contributed by atoms with van der Waals surface area (Å²) in [5, 5.41) is 7.21. The molecule has 0 amide bonds. The predicted molar refractivity (Wildman–Crippen MR) is 282 cm³/mol. The number of furan rings is 1. The molecule has 67 heavy (non-hydrogen) atoms. The fourth-order valence-corrected chi connectivity index (χ4v) is 10.2. The lowest BCUT2D eigenvalue weighted by Gasteiger charge is -2.29. The van der Waals surface area contributed by atoms with E-state index in [-0.39, 0.29) is 0 Å². The van der Waals surface area contributed by atoms with E-state index in [1.54, 1.807) is 0 Å². The summed E-state index contributed by atoms with van der Waals surface area (Å²) >= 11 is 0. The summed E-state index contributed by atoms with van der Waals surface area (Å²) < 4.78 is 8.89. The van der Waals surface area contributed by atoms with Crippen molar-refractivity contribution in [2.24, 2.45) is 0 Å². The molecule has 3 nitrogen and oxygen atoms in total. The highest BCUT2D eigenvalue weighted by molar-refractivity contribution is 6.10. The van der Waals surface area contributed by atoms with Crippen LogP contribution in [0, 0.1) is 0 Å². The molecule has 0 spiro atoms. The Morgan fingerprint density at radius 3 is 1.61 bits per heavy atom. The highest BCUT2D eigenvalue weighted by atomic mass is 16.3. The van der Waals surface area contributed by atoms with E-state index in [9.17, 15) is 0 Å². The van der Waals surface area contributed by atoms with Crippen molar-refractivity contribution in [2.75, 3.05) is 4.90 Å². The number of para-hydroxylation sites is 4. The van der Waals surface area contributed by atoms with E-state index < -0.39 is 0 Å². The smallest absolute Gasteiger partial charge is 0.143 e. The van der Waals surface area contributed by atoms with Crippen molar-refractivity contribution in [3.8, 4) is 50.2 Å². The van der Waals surface area contributed by atoms with Crippen LogP contribution in [-0.4, -0.2) is 4.57 Å². The van der Waals surface area contributed by atoms with Crippen LogP contribution in [0.2, 0.25) is 0 Å². The maximum atomic E-state index is 6.51. The van der Waals surface area contributed by atoms with Crippen molar-refractivity contribution >= 4 is 71.6 Å². The van der Waals surface area contributed by atoms with E-state index in [0.29, 0.717) is 0 Å². The molecule has 0 bridgehead atoms. The van der Waals surface area contributed by atoms with Gasteiger partial charge in [-0.2, -0.15) is 0 Å². The second-order valence-corrected chi connectivity index (χ2v) is 17.3. The van der Waals surface area contributed by atoms with E-state index in [1.807, 2.05) is 12.1 Å². The van der Waals surface area contributed by atoms with Crippen molar-refractivity contribution in [1.82, 2.24) is 4.57 Å². The summed E-state index contributed by atoms with van der Waals surface area (Å²) in [6.07, 6.45) is 0. The largest absolute Gasteiger partial charge is 0.455 e. The summed E-state index contributed by atoms with van der Waals surface area (Å²) in [4.78, 5) is 2.42. The van der Waals surface area contributed by atoms with Gasteiger partial charge in [0.2, 0.25) is 0 Å². The summed E-state index contributed by atoms with van der Waals surface area (Å²) in [6, 6.07) is 92.0. The third-order valence-electron chi connectivity index (χ3n) is 13.4. The van der Waals surface area contributed by atoms with Crippen molar-refractivity contribution in [3.63, 3.8) is 0 Å². The molecule has 2 aromatic heterocycles. The van der Waals surface area contributed by atoms with E-state index in [1.165, 1.54) is 38.1 Å². The first-order valence-electron chi connectivity index (χ1n) is 22.9. The van der Waals surface area contributed by atoms with E-state index >= 15 is 0 Å². The fraction of sp³-hybridized carbons (Fsp3) is 0. The number of hydrogen-bond donors (Lipinski definition) is 0. The van der Waals surface area contributed by atoms with Gasteiger partial charge in [-0.15, -0.1) is 0 Å². The third kappa shape index (κ3) is 6.59. The van der Waals surface area contributed by atoms with Crippen molar-refractivity contribution in [2.45, 2.75) is 0 Å². The Morgan fingerprint density at radius 2 is 0.851 bits per heavy atom. The second-order valence-electron chi connectivity index (χ2n) is 17.3. The highest BCUT2D eigenvalue weighted by Gasteiger charge is 2.21. The number of nitrogens with zero attached hydrogens (tertiary/aromatic N) is 2. The first kappa shape index (κ1) is 38.5. The molecular formula is C64H42N2O. The number of hydrogen-bond acceptors (Lipinski definition) is 2. The molecule has 0 atom stereocenters. The Morgan fingerprint density at radius 1 is 0.313 bits per heavy atom. The zero-order valence-electron chi connectivity index (χ0n) is 36.6. The van der Waals surface area contributed by atoms with Gasteiger partial charge in [-0.3, -0.25) is 0 Å². The molecule has 0 saturated carbocycles. The molecular weight excluding hydrogens is 813 g/mol. The van der Waals surface area contributed by atoms with E-state index in [0.717, 1.165) is 83.6 Å². The van der Waals surface area contributed by atoms with Crippen LogP contribution in [-0.2, 0) is 0 Å². The SMILES string of the molecule is c1ccc(-c2ccc(-c3cccc4ccccc34)cc2N(c2ccc(-c3cccc(-n4c5ccccc5c5ccccc54)c3)cc2)c2ccc(-c3cccc4c3oc3ccccc34)cc2)cc1. The van der Waals surface area contributed by atoms with Gasteiger partial charge in [-0.1, -0.05) is 194 Å². The molecule has 3 heteroatoms. The normalized spacial score (nSPS) is 11.6. The predicted octanol–water partition coefficient (Wildman–Crippen LogP) is 18.0. The average molecular weight is 855 g/mol. The van der Waals surface area contributed by atoms with E-state index in [4.69, 9.17) is 4.42 Å². The van der Waals surface area contributed by atoms with Gasteiger partial charge in [-0.05, 0) is 105 Å².